The molecule has 4 rings (SSSR count). The van der Waals surface area contributed by atoms with Crippen LogP contribution in [0.1, 0.15) is 38.5 Å². The van der Waals surface area contributed by atoms with Crippen LogP contribution >= 0.6 is 0 Å². The molecule has 4 bridgehead atoms. The Labute approximate surface area is 111 Å². The first-order valence-corrected chi connectivity index (χ1v) is 6.86. The van der Waals surface area contributed by atoms with Gasteiger partial charge in [0.15, 0.2) is 0 Å². The fraction of sp³-hybridized carbons (Fsp3) is 0.846. The van der Waals surface area contributed by atoms with Crippen molar-refractivity contribution in [2.45, 2.75) is 44.2 Å². The molecule has 0 aromatic rings. The molecule has 0 aromatic carbocycles. The molecule has 4 saturated carbocycles. The van der Waals surface area contributed by atoms with Crippen molar-refractivity contribution in [3.05, 3.63) is 32.9 Å². The van der Waals surface area contributed by atoms with Crippen LogP contribution in [-0.4, -0.2) is 15.5 Å². The van der Waals surface area contributed by atoms with E-state index in [4.69, 9.17) is 0 Å². The van der Waals surface area contributed by atoms with Gasteiger partial charge in [-0.05, 0) is 56.3 Å². The van der Waals surface area contributed by atoms with Gasteiger partial charge >= 0.3 is 5.66 Å². The van der Waals surface area contributed by atoms with Crippen LogP contribution < -0.4 is 0 Å². The average molecular weight is 266 g/mol. The zero-order valence-electron chi connectivity index (χ0n) is 10.8. The lowest BCUT2D eigenvalue weighted by molar-refractivity contribution is -0.803. The maximum absolute atomic E-state index is 11.5. The fourth-order valence-corrected chi connectivity index (χ4v) is 5.38. The molecule has 6 heteroatoms. The minimum atomic E-state index is -2.19. The standard InChI is InChI=1S/C13H18N2O4/c1-2-13(14(16)17,15(18)19)12-6-9-3-10(7-12)5-11(4-9)8-12/h2,9-11H,1,3-8H2. The number of rotatable bonds is 4. The lowest BCUT2D eigenvalue weighted by atomic mass is 9.46. The van der Waals surface area contributed by atoms with E-state index in [0.29, 0.717) is 37.0 Å². The Kier molecular flexibility index (Phi) is 2.50. The van der Waals surface area contributed by atoms with Gasteiger partial charge in [0, 0.05) is 0 Å². The summed E-state index contributed by atoms with van der Waals surface area (Å²) in [5.41, 5.74) is -3.00. The molecule has 0 radical (unpaired) electrons. The SMILES string of the molecule is C=CC([N+](=O)[O-])([N+](=O)[O-])C12CC3CC(CC(C3)C1)C2. The normalized spacial score (nSPS) is 40.1. The van der Waals surface area contributed by atoms with E-state index < -0.39 is 20.9 Å². The summed E-state index contributed by atoms with van der Waals surface area (Å²) in [6.07, 6.45) is 6.14. The minimum absolute atomic E-state index is 0.436. The van der Waals surface area contributed by atoms with Crippen LogP contribution in [0.2, 0.25) is 0 Å². The van der Waals surface area contributed by atoms with E-state index >= 15 is 0 Å². The Morgan fingerprint density at radius 2 is 1.37 bits per heavy atom. The highest BCUT2D eigenvalue weighted by molar-refractivity contribution is 5.11. The molecular formula is C13H18N2O4. The highest BCUT2D eigenvalue weighted by atomic mass is 16.7. The predicted molar refractivity (Wildman–Crippen MR) is 67.5 cm³/mol. The Morgan fingerprint density at radius 3 is 1.63 bits per heavy atom. The summed E-state index contributed by atoms with van der Waals surface area (Å²) in [6.45, 7) is 3.45. The van der Waals surface area contributed by atoms with E-state index in [-0.39, 0.29) is 0 Å². The number of hydrogen-bond acceptors (Lipinski definition) is 4. The van der Waals surface area contributed by atoms with Gasteiger partial charge in [0.25, 0.3) is 0 Å². The van der Waals surface area contributed by atoms with Crippen LogP contribution in [0.4, 0.5) is 0 Å². The van der Waals surface area contributed by atoms with Crippen molar-refractivity contribution in [2.75, 3.05) is 0 Å². The molecule has 4 aliphatic carbocycles. The first kappa shape index (κ1) is 12.6. The van der Waals surface area contributed by atoms with Crippen molar-refractivity contribution in [3.63, 3.8) is 0 Å². The molecule has 6 nitrogen and oxygen atoms in total. The number of nitrogens with zero attached hydrogens (tertiary/aromatic N) is 2. The zero-order valence-corrected chi connectivity index (χ0v) is 10.8. The maximum atomic E-state index is 11.5. The van der Waals surface area contributed by atoms with Gasteiger partial charge in [-0.3, -0.25) is 20.2 Å². The van der Waals surface area contributed by atoms with E-state index in [1.54, 1.807) is 0 Å². The van der Waals surface area contributed by atoms with Gasteiger partial charge in [-0.25, -0.2) is 0 Å². The third kappa shape index (κ3) is 1.42. The highest BCUT2D eigenvalue weighted by Gasteiger charge is 2.74. The molecule has 104 valence electrons. The van der Waals surface area contributed by atoms with Gasteiger partial charge in [-0.15, -0.1) is 0 Å². The molecule has 4 fully saturated rings. The largest absolute Gasteiger partial charge is 0.482 e. The molecule has 0 heterocycles. The molecule has 0 aromatic heterocycles. The van der Waals surface area contributed by atoms with Gasteiger partial charge in [-0.1, -0.05) is 6.58 Å². The van der Waals surface area contributed by atoms with Crippen LogP contribution in [0.25, 0.3) is 0 Å². The Hall–Kier alpha value is -1.46. The van der Waals surface area contributed by atoms with Crippen LogP contribution in [0.15, 0.2) is 12.7 Å². The minimum Gasteiger partial charge on any atom is -0.258 e. The van der Waals surface area contributed by atoms with Gasteiger partial charge in [0.1, 0.15) is 15.3 Å². The second kappa shape index (κ2) is 3.77. The Morgan fingerprint density at radius 1 is 1.00 bits per heavy atom. The molecule has 0 atom stereocenters. The van der Waals surface area contributed by atoms with E-state index in [1.165, 1.54) is 0 Å². The number of hydrogen-bond donors (Lipinski definition) is 0. The van der Waals surface area contributed by atoms with Crippen molar-refractivity contribution < 1.29 is 9.85 Å². The summed E-state index contributed by atoms with van der Waals surface area (Å²) >= 11 is 0. The second-order valence-corrected chi connectivity index (χ2v) is 6.64. The molecule has 19 heavy (non-hydrogen) atoms. The van der Waals surface area contributed by atoms with E-state index in [9.17, 15) is 20.2 Å². The van der Waals surface area contributed by atoms with Crippen molar-refractivity contribution in [2.24, 2.45) is 23.2 Å². The van der Waals surface area contributed by atoms with Crippen molar-refractivity contribution in [3.8, 4) is 0 Å². The smallest absolute Gasteiger partial charge is 0.258 e. The molecule has 0 N–H and O–H groups in total. The lowest BCUT2D eigenvalue weighted by Crippen LogP contribution is -2.64. The van der Waals surface area contributed by atoms with Crippen molar-refractivity contribution in [1.82, 2.24) is 0 Å². The molecule has 0 saturated heterocycles. The first-order chi connectivity index (χ1) is 8.93. The summed E-state index contributed by atoms with van der Waals surface area (Å²) < 4.78 is 0. The van der Waals surface area contributed by atoms with Gasteiger partial charge in [0.2, 0.25) is 0 Å². The van der Waals surface area contributed by atoms with Crippen LogP contribution in [0.5, 0.6) is 0 Å². The summed E-state index contributed by atoms with van der Waals surface area (Å²) in [7, 11) is 0. The Balaban J connectivity index is 2.10. The third-order valence-electron chi connectivity index (χ3n) is 5.66. The highest BCUT2D eigenvalue weighted by Crippen LogP contribution is 2.64. The van der Waals surface area contributed by atoms with E-state index in [2.05, 4.69) is 6.58 Å². The number of nitro groups is 2. The summed E-state index contributed by atoms with van der Waals surface area (Å²) in [5.74, 6) is 1.31. The lowest BCUT2D eigenvalue weighted by Gasteiger charge is -2.56. The van der Waals surface area contributed by atoms with Crippen LogP contribution in [-0.2, 0) is 0 Å². The monoisotopic (exact) mass is 266 g/mol. The molecular weight excluding hydrogens is 248 g/mol. The maximum Gasteiger partial charge on any atom is 0.482 e. The summed E-state index contributed by atoms with van der Waals surface area (Å²) in [5, 5.41) is 23.0. The van der Waals surface area contributed by atoms with E-state index in [1.807, 2.05) is 0 Å². The molecule has 0 amide bonds. The zero-order chi connectivity index (χ0) is 13.8. The second-order valence-electron chi connectivity index (χ2n) is 6.64. The molecule has 0 unspecified atom stereocenters. The third-order valence-corrected chi connectivity index (χ3v) is 5.66. The molecule has 4 aliphatic rings. The van der Waals surface area contributed by atoms with Gasteiger partial charge in [-0.2, -0.15) is 0 Å². The first-order valence-electron chi connectivity index (χ1n) is 6.86. The average Bonchev–Trinajstić information content (AvgIpc) is 2.26. The van der Waals surface area contributed by atoms with Crippen molar-refractivity contribution >= 4 is 0 Å². The summed E-state index contributed by atoms with van der Waals surface area (Å²) in [4.78, 5) is 21.6. The summed E-state index contributed by atoms with van der Waals surface area (Å²) in [6, 6.07) is 0. The molecule has 0 spiro atoms. The Bertz CT molecular complexity index is 410. The van der Waals surface area contributed by atoms with Crippen LogP contribution in [0.3, 0.4) is 0 Å². The van der Waals surface area contributed by atoms with Crippen LogP contribution in [0, 0.1) is 43.4 Å². The fourth-order valence-electron chi connectivity index (χ4n) is 5.38. The van der Waals surface area contributed by atoms with Crippen molar-refractivity contribution in [1.29, 1.82) is 0 Å². The topological polar surface area (TPSA) is 86.3 Å². The molecule has 0 aliphatic heterocycles. The quantitative estimate of drug-likeness (QED) is 0.339. The van der Waals surface area contributed by atoms with E-state index in [0.717, 1.165) is 25.3 Å². The van der Waals surface area contributed by atoms with Gasteiger partial charge < -0.3 is 0 Å². The predicted octanol–water partition coefficient (Wildman–Crippen LogP) is 2.64. The van der Waals surface area contributed by atoms with Gasteiger partial charge in [0.05, 0.1) is 6.08 Å².